The number of hydrogen-bond acceptors (Lipinski definition) is 3. The second-order valence-electron chi connectivity index (χ2n) is 7.08. The standard InChI is InChI=1S/C17H34N4O.HI/c1-14(2)13-22-10-4-8-19-17(18-3)20-11-15-7-9-21(12-15)16-5-6-16;/h14-16H,4-13H2,1-3H3,(H2,18,19,20);1H. The monoisotopic (exact) mass is 438 g/mol. The van der Waals surface area contributed by atoms with Crippen molar-refractivity contribution >= 4 is 29.9 Å². The van der Waals surface area contributed by atoms with Gasteiger partial charge in [0.05, 0.1) is 0 Å². The predicted molar refractivity (Wildman–Crippen MR) is 108 cm³/mol. The van der Waals surface area contributed by atoms with Gasteiger partial charge in [-0.3, -0.25) is 4.99 Å². The molecule has 0 spiro atoms. The second kappa shape index (κ2) is 11.5. The summed E-state index contributed by atoms with van der Waals surface area (Å²) in [5.74, 6) is 2.31. The van der Waals surface area contributed by atoms with E-state index in [4.69, 9.17) is 4.74 Å². The molecule has 2 N–H and O–H groups in total. The molecule has 2 aliphatic rings. The Morgan fingerprint density at radius 3 is 2.70 bits per heavy atom. The molecule has 0 aromatic carbocycles. The molecule has 1 saturated carbocycles. The minimum absolute atomic E-state index is 0. The lowest BCUT2D eigenvalue weighted by molar-refractivity contribution is 0.108. The van der Waals surface area contributed by atoms with Crippen molar-refractivity contribution in [2.75, 3.05) is 46.4 Å². The first-order chi connectivity index (χ1) is 10.7. The van der Waals surface area contributed by atoms with Crippen LogP contribution in [0.15, 0.2) is 4.99 Å². The third-order valence-electron chi connectivity index (χ3n) is 4.37. The third kappa shape index (κ3) is 8.54. The quantitative estimate of drug-likeness (QED) is 0.251. The molecule has 1 saturated heterocycles. The summed E-state index contributed by atoms with van der Waals surface area (Å²) in [5, 5.41) is 6.84. The molecule has 2 fully saturated rings. The normalized spacial score (nSPS) is 22.3. The molecule has 1 unspecified atom stereocenters. The van der Waals surface area contributed by atoms with Crippen LogP contribution in [-0.2, 0) is 4.74 Å². The molecule has 0 aromatic heterocycles. The third-order valence-corrected chi connectivity index (χ3v) is 4.37. The van der Waals surface area contributed by atoms with Gasteiger partial charge in [-0.15, -0.1) is 24.0 Å². The van der Waals surface area contributed by atoms with Crippen LogP contribution in [0.4, 0.5) is 0 Å². The van der Waals surface area contributed by atoms with E-state index in [0.29, 0.717) is 5.92 Å². The van der Waals surface area contributed by atoms with Crippen LogP contribution in [-0.4, -0.2) is 63.3 Å². The van der Waals surface area contributed by atoms with Gasteiger partial charge < -0.3 is 20.3 Å². The lowest BCUT2D eigenvalue weighted by Crippen LogP contribution is -2.40. The van der Waals surface area contributed by atoms with Gasteiger partial charge >= 0.3 is 0 Å². The smallest absolute Gasteiger partial charge is 0.190 e. The van der Waals surface area contributed by atoms with Gasteiger partial charge in [-0.2, -0.15) is 0 Å². The average Bonchev–Trinajstić information content (AvgIpc) is 3.24. The number of rotatable bonds is 9. The fourth-order valence-electron chi connectivity index (χ4n) is 2.96. The molecule has 1 atom stereocenters. The van der Waals surface area contributed by atoms with Crippen LogP contribution in [0.5, 0.6) is 0 Å². The number of guanidine groups is 1. The molecule has 1 aliphatic heterocycles. The first kappa shape index (κ1) is 21.0. The number of ether oxygens (including phenoxy) is 1. The van der Waals surface area contributed by atoms with E-state index >= 15 is 0 Å². The maximum atomic E-state index is 5.59. The minimum atomic E-state index is 0. The van der Waals surface area contributed by atoms with Crippen LogP contribution < -0.4 is 10.6 Å². The molecule has 0 radical (unpaired) electrons. The van der Waals surface area contributed by atoms with E-state index in [1.807, 2.05) is 7.05 Å². The molecule has 1 heterocycles. The van der Waals surface area contributed by atoms with Crippen molar-refractivity contribution in [1.29, 1.82) is 0 Å². The maximum absolute atomic E-state index is 5.59. The van der Waals surface area contributed by atoms with E-state index in [1.165, 1.54) is 32.4 Å². The van der Waals surface area contributed by atoms with Crippen molar-refractivity contribution in [1.82, 2.24) is 15.5 Å². The van der Waals surface area contributed by atoms with Crippen molar-refractivity contribution in [3.63, 3.8) is 0 Å². The van der Waals surface area contributed by atoms with Crippen LogP contribution in [0.2, 0.25) is 0 Å². The van der Waals surface area contributed by atoms with Gasteiger partial charge in [0, 0.05) is 45.9 Å². The topological polar surface area (TPSA) is 48.9 Å². The van der Waals surface area contributed by atoms with Gasteiger partial charge in [0.25, 0.3) is 0 Å². The molecule has 1 aliphatic carbocycles. The lowest BCUT2D eigenvalue weighted by Gasteiger charge is -2.17. The zero-order valence-corrected chi connectivity index (χ0v) is 17.3. The van der Waals surface area contributed by atoms with Gasteiger partial charge in [0.2, 0.25) is 0 Å². The predicted octanol–water partition coefficient (Wildman–Crippen LogP) is 2.32. The van der Waals surface area contributed by atoms with Crippen LogP contribution in [0.25, 0.3) is 0 Å². The summed E-state index contributed by atoms with van der Waals surface area (Å²) in [7, 11) is 1.84. The van der Waals surface area contributed by atoms with E-state index in [-0.39, 0.29) is 24.0 Å². The van der Waals surface area contributed by atoms with E-state index in [0.717, 1.165) is 50.6 Å². The molecule has 2 rings (SSSR count). The van der Waals surface area contributed by atoms with Crippen molar-refractivity contribution in [2.24, 2.45) is 16.8 Å². The number of nitrogens with zero attached hydrogens (tertiary/aromatic N) is 2. The summed E-state index contributed by atoms with van der Waals surface area (Å²) in [4.78, 5) is 6.96. The number of nitrogens with one attached hydrogen (secondary N) is 2. The largest absolute Gasteiger partial charge is 0.381 e. The highest BCUT2D eigenvalue weighted by Gasteiger charge is 2.34. The highest BCUT2D eigenvalue weighted by atomic mass is 127. The maximum Gasteiger partial charge on any atom is 0.190 e. The Morgan fingerprint density at radius 2 is 2.04 bits per heavy atom. The van der Waals surface area contributed by atoms with Crippen molar-refractivity contribution in [2.45, 2.75) is 45.6 Å². The molecule has 0 bridgehead atoms. The first-order valence-electron chi connectivity index (χ1n) is 8.95. The van der Waals surface area contributed by atoms with Crippen LogP contribution in [0, 0.1) is 11.8 Å². The summed E-state index contributed by atoms with van der Waals surface area (Å²) < 4.78 is 5.59. The van der Waals surface area contributed by atoms with Crippen molar-refractivity contribution in [3.8, 4) is 0 Å². The first-order valence-corrected chi connectivity index (χ1v) is 8.95. The van der Waals surface area contributed by atoms with Gasteiger partial charge in [0.1, 0.15) is 0 Å². The van der Waals surface area contributed by atoms with Crippen LogP contribution in [0.1, 0.15) is 39.5 Å². The van der Waals surface area contributed by atoms with Gasteiger partial charge in [-0.1, -0.05) is 13.8 Å². The molecule has 0 amide bonds. The fraction of sp³-hybridized carbons (Fsp3) is 0.941. The van der Waals surface area contributed by atoms with Crippen molar-refractivity contribution in [3.05, 3.63) is 0 Å². The van der Waals surface area contributed by atoms with Gasteiger partial charge in [0.15, 0.2) is 5.96 Å². The van der Waals surface area contributed by atoms with E-state index in [2.05, 4.69) is 34.4 Å². The minimum Gasteiger partial charge on any atom is -0.381 e. The van der Waals surface area contributed by atoms with Crippen LogP contribution in [0.3, 0.4) is 0 Å². The van der Waals surface area contributed by atoms with E-state index in [9.17, 15) is 0 Å². The Labute approximate surface area is 159 Å². The van der Waals surface area contributed by atoms with Gasteiger partial charge in [-0.25, -0.2) is 0 Å². The molecule has 6 heteroatoms. The van der Waals surface area contributed by atoms with Crippen molar-refractivity contribution < 1.29 is 4.74 Å². The SMILES string of the molecule is CN=C(NCCCOCC(C)C)NCC1CCN(C2CC2)C1.I. The van der Waals surface area contributed by atoms with Crippen LogP contribution >= 0.6 is 24.0 Å². The Bertz CT molecular complexity index is 347. The molecular weight excluding hydrogens is 403 g/mol. The average molecular weight is 438 g/mol. The second-order valence-corrected chi connectivity index (χ2v) is 7.08. The molecular formula is C17H35IN4O. The summed E-state index contributed by atoms with van der Waals surface area (Å²) in [5.41, 5.74) is 0. The zero-order chi connectivity index (χ0) is 15.8. The fourth-order valence-corrected chi connectivity index (χ4v) is 2.96. The molecule has 5 nitrogen and oxygen atoms in total. The summed E-state index contributed by atoms with van der Waals surface area (Å²) >= 11 is 0. The zero-order valence-electron chi connectivity index (χ0n) is 15.0. The highest BCUT2D eigenvalue weighted by molar-refractivity contribution is 14.0. The Morgan fingerprint density at radius 1 is 1.26 bits per heavy atom. The molecule has 0 aromatic rings. The number of likely N-dealkylation sites (tertiary alicyclic amines) is 1. The molecule has 23 heavy (non-hydrogen) atoms. The van der Waals surface area contributed by atoms with Gasteiger partial charge in [-0.05, 0) is 44.1 Å². The Balaban J connectivity index is 0.00000264. The number of halogens is 1. The highest BCUT2D eigenvalue weighted by Crippen LogP contribution is 2.31. The number of hydrogen-bond donors (Lipinski definition) is 2. The summed E-state index contributed by atoms with van der Waals surface area (Å²) in [6.45, 7) is 10.5. The Hall–Kier alpha value is -0.0800. The number of aliphatic imine (C=N–C) groups is 1. The summed E-state index contributed by atoms with van der Waals surface area (Å²) in [6.07, 6.45) is 5.18. The summed E-state index contributed by atoms with van der Waals surface area (Å²) in [6, 6.07) is 0.910. The lowest BCUT2D eigenvalue weighted by atomic mass is 10.1. The molecule has 136 valence electrons. The Kier molecular flexibility index (Phi) is 10.5. The van der Waals surface area contributed by atoms with E-state index in [1.54, 1.807) is 0 Å². The van der Waals surface area contributed by atoms with E-state index < -0.39 is 0 Å².